The summed E-state index contributed by atoms with van der Waals surface area (Å²) in [6.07, 6.45) is 0. The van der Waals surface area contributed by atoms with Gasteiger partial charge in [-0.2, -0.15) is 0 Å². The van der Waals surface area contributed by atoms with Crippen LogP contribution in [0.15, 0.2) is 18.2 Å². The van der Waals surface area contributed by atoms with Gasteiger partial charge in [0.05, 0.1) is 13.2 Å². The largest absolute Gasteiger partial charge is 0.491 e. The predicted octanol–water partition coefficient (Wildman–Crippen LogP) is 1.95. The first kappa shape index (κ1) is 16.3. The molecule has 0 unspecified atom stereocenters. The van der Waals surface area contributed by atoms with Gasteiger partial charge in [0, 0.05) is 32.7 Å². The SMILES string of the molecule is Cc1ccc(OCCOCCN2CCN(C)CC2)cc1C. The monoisotopic (exact) mass is 292 g/mol. The Balaban J connectivity index is 1.53. The first-order valence-electron chi connectivity index (χ1n) is 7.84. The zero-order valence-corrected chi connectivity index (χ0v) is 13.6. The summed E-state index contributed by atoms with van der Waals surface area (Å²) in [6, 6.07) is 6.20. The van der Waals surface area contributed by atoms with Crippen LogP contribution in [0.3, 0.4) is 0 Å². The van der Waals surface area contributed by atoms with E-state index in [0.717, 1.165) is 45.1 Å². The summed E-state index contributed by atoms with van der Waals surface area (Å²) in [7, 11) is 2.18. The van der Waals surface area contributed by atoms with E-state index >= 15 is 0 Å². The summed E-state index contributed by atoms with van der Waals surface area (Å²) in [5.74, 6) is 0.931. The van der Waals surface area contributed by atoms with Gasteiger partial charge in [0.15, 0.2) is 0 Å². The van der Waals surface area contributed by atoms with E-state index in [4.69, 9.17) is 9.47 Å². The molecular weight excluding hydrogens is 264 g/mol. The maximum Gasteiger partial charge on any atom is 0.119 e. The first-order valence-corrected chi connectivity index (χ1v) is 7.84. The lowest BCUT2D eigenvalue weighted by Crippen LogP contribution is -2.45. The molecule has 2 rings (SSSR count). The molecule has 1 heterocycles. The van der Waals surface area contributed by atoms with E-state index in [2.05, 4.69) is 42.8 Å². The van der Waals surface area contributed by atoms with Gasteiger partial charge in [-0.15, -0.1) is 0 Å². The normalized spacial score (nSPS) is 17.1. The predicted molar refractivity (Wildman–Crippen MR) is 86.2 cm³/mol. The Morgan fingerprint density at radius 2 is 1.71 bits per heavy atom. The minimum Gasteiger partial charge on any atom is -0.491 e. The van der Waals surface area contributed by atoms with Crippen LogP contribution in [0.5, 0.6) is 5.75 Å². The van der Waals surface area contributed by atoms with Crippen molar-refractivity contribution in [2.45, 2.75) is 13.8 Å². The first-order chi connectivity index (χ1) is 10.1. The molecule has 0 saturated carbocycles. The highest BCUT2D eigenvalue weighted by Gasteiger charge is 2.12. The molecule has 0 radical (unpaired) electrons. The lowest BCUT2D eigenvalue weighted by Gasteiger charge is -2.32. The number of piperazine rings is 1. The van der Waals surface area contributed by atoms with Gasteiger partial charge in [-0.05, 0) is 44.2 Å². The molecule has 0 spiro atoms. The number of benzene rings is 1. The molecule has 118 valence electrons. The topological polar surface area (TPSA) is 24.9 Å². The van der Waals surface area contributed by atoms with Crippen molar-refractivity contribution in [3.8, 4) is 5.75 Å². The number of aryl methyl sites for hydroxylation is 2. The number of hydrogen-bond acceptors (Lipinski definition) is 4. The average molecular weight is 292 g/mol. The van der Waals surface area contributed by atoms with Crippen LogP contribution in [-0.2, 0) is 4.74 Å². The molecule has 1 fully saturated rings. The van der Waals surface area contributed by atoms with Gasteiger partial charge in [-0.25, -0.2) is 0 Å². The van der Waals surface area contributed by atoms with Gasteiger partial charge in [-0.1, -0.05) is 6.07 Å². The van der Waals surface area contributed by atoms with Crippen molar-refractivity contribution < 1.29 is 9.47 Å². The van der Waals surface area contributed by atoms with Crippen LogP contribution in [0.25, 0.3) is 0 Å². The van der Waals surface area contributed by atoms with Gasteiger partial charge in [0.2, 0.25) is 0 Å². The molecule has 0 N–H and O–H groups in total. The van der Waals surface area contributed by atoms with Crippen LogP contribution in [-0.4, -0.2) is 69.4 Å². The Labute approximate surface area is 128 Å². The third-order valence-corrected chi connectivity index (χ3v) is 4.12. The second-order valence-corrected chi connectivity index (χ2v) is 5.85. The van der Waals surface area contributed by atoms with Crippen molar-refractivity contribution in [2.24, 2.45) is 0 Å². The summed E-state index contributed by atoms with van der Waals surface area (Å²) in [5.41, 5.74) is 2.56. The van der Waals surface area contributed by atoms with Crippen LogP contribution in [0.1, 0.15) is 11.1 Å². The molecule has 1 aliphatic heterocycles. The van der Waals surface area contributed by atoms with Crippen LogP contribution in [0, 0.1) is 13.8 Å². The summed E-state index contributed by atoms with van der Waals surface area (Å²) in [6.45, 7) is 11.9. The standard InChI is InChI=1S/C17H28N2O2/c1-15-4-5-17(14-16(15)2)21-13-12-20-11-10-19-8-6-18(3)7-9-19/h4-5,14H,6-13H2,1-3H3. The Hall–Kier alpha value is -1.10. The highest BCUT2D eigenvalue weighted by atomic mass is 16.5. The molecule has 1 aromatic rings. The average Bonchev–Trinajstić information content (AvgIpc) is 2.48. The quantitative estimate of drug-likeness (QED) is 0.717. The highest BCUT2D eigenvalue weighted by Crippen LogP contribution is 2.16. The highest BCUT2D eigenvalue weighted by molar-refractivity contribution is 5.33. The van der Waals surface area contributed by atoms with Crippen molar-refractivity contribution in [3.63, 3.8) is 0 Å². The minimum atomic E-state index is 0.616. The molecular formula is C17H28N2O2. The Morgan fingerprint density at radius 1 is 0.952 bits per heavy atom. The molecule has 0 bridgehead atoms. The van der Waals surface area contributed by atoms with Gasteiger partial charge in [0.1, 0.15) is 12.4 Å². The van der Waals surface area contributed by atoms with Crippen molar-refractivity contribution in [2.75, 3.05) is 59.6 Å². The number of rotatable bonds is 7. The summed E-state index contributed by atoms with van der Waals surface area (Å²) < 4.78 is 11.4. The number of hydrogen-bond donors (Lipinski definition) is 0. The smallest absolute Gasteiger partial charge is 0.119 e. The fourth-order valence-electron chi connectivity index (χ4n) is 2.39. The van der Waals surface area contributed by atoms with E-state index in [0.29, 0.717) is 13.2 Å². The molecule has 1 saturated heterocycles. The summed E-state index contributed by atoms with van der Waals surface area (Å²) >= 11 is 0. The van der Waals surface area contributed by atoms with Crippen molar-refractivity contribution >= 4 is 0 Å². The minimum absolute atomic E-state index is 0.616. The molecule has 21 heavy (non-hydrogen) atoms. The summed E-state index contributed by atoms with van der Waals surface area (Å²) in [4.78, 5) is 4.83. The van der Waals surface area contributed by atoms with Crippen LogP contribution >= 0.6 is 0 Å². The lowest BCUT2D eigenvalue weighted by molar-refractivity contribution is 0.0658. The van der Waals surface area contributed by atoms with E-state index in [1.807, 2.05) is 6.07 Å². The maximum absolute atomic E-state index is 5.70. The second-order valence-electron chi connectivity index (χ2n) is 5.85. The van der Waals surface area contributed by atoms with Crippen LogP contribution in [0.4, 0.5) is 0 Å². The van der Waals surface area contributed by atoms with Crippen LogP contribution < -0.4 is 4.74 Å². The van der Waals surface area contributed by atoms with Crippen molar-refractivity contribution in [1.82, 2.24) is 9.80 Å². The van der Waals surface area contributed by atoms with Gasteiger partial charge >= 0.3 is 0 Å². The maximum atomic E-state index is 5.70. The third kappa shape index (κ3) is 5.65. The summed E-state index contributed by atoms with van der Waals surface area (Å²) in [5, 5.41) is 0. The fraction of sp³-hybridized carbons (Fsp3) is 0.647. The molecule has 1 aliphatic rings. The molecule has 0 atom stereocenters. The molecule has 4 nitrogen and oxygen atoms in total. The third-order valence-electron chi connectivity index (χ3n) is 4.12. The van der Waals surface area contributed by atoms with E-state index in [1.165, 1.54) is 11.1 Å². The second kappa shape index (κ2) is 8.37. The van der Waals surface area contributed by atoms with Crippen molar-refractivity contribution in [1.29, 1.82) is 0 Å². The number of nitrogens with zero attached hydrogens (tertiary/aromatic N) is 2. The van der Waals surface area contributed by atoms with E-state index in [1.54, 1.807) is 0 Å². The number of likely N-dealkylation sites (N-methyl/N-ethyl adjacent to an activating group) is 1. The molecule has 0 amide bonds. The Bertz CT molecular complexity index is 429. The van der Waals surface area contributed by atoms with Gasteiger partial charge < -0.3 is 14.4 Å². The zero-order valence-electron chi connectivity index (χ0n) is 13.6. The van der Waals surface area contributed by atoms with E-state index in [-0.39, 0.29) is 0 Å². The molecule has 1 aromatic carbocycles. The fourth-order valence-corrected chi connectivity index (χ4v) is 2.39. The molecule has 0 aliphatic carbocycles. The zero-order chi connectivity index (χ0) is 15.1. The van der Waals surface area contributed by atoms with E-state index < -0.39 is 0 Å². The molecule has 4 heteroatoms. The van der Waals surface area contributed by atoms with E-state index in [9.17, 15) is 0 Å². The van der Waals surface area contributed by atoms with Gasteiger partial charge in [0.25, 0.3) is 0 Å². The Morgan fingerprint density at radius 3 is 2.43 bits per heavy atom. The van der Waals surface area contributed by atoms with Crippen molar-refractivity contribution in [3.05, 3.63) is 29.3 Å². The Kier molecular flexibility index (Phi) is 6.49. The number of ether oxygens (including phenoxy) is 2. The van der Waals surface area contributed by atoms with Gasteiger partial charge in [-0.3, -0.25) is 4.90 Å². The molecule has 0 aromatic heterocycles. The lowest BCUT2D eigenvalue weighted by atomic mass is 10.1. The van der Waals surface area contributed by atoms with Crippen LogP contribution in [0.2, 0.25) is 0 Å².